The molecule has 1 aromatic carbocycles. The number of ether oxygens (including phenoxy) is 1. The molecule has 2 N–H and O–H groups in total. The molecule has 1 aromatic heterocycles. The van der Waals surface area contributed by atoms with E-state index in [9.17, 15) is 4.79 Å². The first-order chi connectivity index (χ1) is 9.81. The van der Waals surface area contributed by atoms with E-state index in [2.05, 4.69) is 15.3 Å². The van der Waals surface area contributed by atoms with Gasteiger partial charge in [0.1, 0.15) is 0 Å². The van der Waals surface area contributed by atoms with Crippen molar-refractivity contribution in [3.63, 3.8) is 0 Å². The van der Waals surface area contributed by atoms with Crippen LogP contribution in [0, 0.1) is 0 Å². The first-order valence-corrected chi connectivity index (χ1v) is 7.76. The summed E-state index contributed by atoms with van der Waals surface area (Å²) >= 11 is 1.42. The average molecular weight is 291 g/mol. The maximum atomic E-state index is 11.8. The monoisotopic (exact) mass is 291 g/mol. The number of benzene rings is 1. The molecule has 0 radical (unpaired) electrons. The van der Waals surface area contributed by atoms with E-state index in [-0.39, 0.29) is 12.0 Å². The van der Waals surface area contributed by atoms with Gasteiger partial charge in [-0.3, -0.25) is 4.79 Å². The zero-order valence-corrected chi connectivity index (χ0v) is 11.9. The number of hydrogen-bond acceptors (Lipinski definition) is 4. The van der Waals surface area contributed by atoms with Crippen molar-refractivity contribution in [1.82, 2.24) is 15.3 Å². The third kappa shape index (κ3) is 3.32. The quantitative estimate of drug-likeness (QED) is 0.826. The molecule has 2 heterocycles. The smallest absolute Gasteiger partial charge is 0.230 e. The third-order valence-corrected chi connectivity index (χ3v) is 4.13. The number of carbonyl (C=O) groups is 1. The number of rotatable bonds is 5. The SMILES string of the molecule is O=C(CSc1nc2ccccc2[nH]1)NC[C@@H]1CCCO1. The summed E-state index contributed by atoms with van der Waals surface area (Å²) in [7, 11) is 0. The summed E-state index contributed by atoms with van der Waals surface area (Å²) < 4.78 is 5.47. The second kappa shape index (κ2) is 6.28. The van der Waals surface area contributed by atoms with E-state index in [1.54, 1.807) is 0 Å². The Kier molecular flexibility index (Phi) is 4.22. The van der Waals surface area contributed by atoms with Crippen LogP contribution >= 0.6 is 11.8 Å². The molecule has 106 valence electrons. The molecule has 1 atom stereocenters. The lowest BCUT2D eigenvalue weighted by atomic mass is 10.2. The Morgan fingerprint density at radius 3 is 3.20 bits per heavy atom. The van der Waals surface area contributed by atoms with E-state index >= 15 is 0 Å². The number of fused-ring (bicyclic) bond motifs is 1. The maximum Gasteiger partial charge on any atom is 0.230 e. The van der Waals surface area contributed by atoms with E-state index < -0.39 is 0 Å². The van der Waals surface area contributed by atoms with Gasteiger partial charge in [-0.15, -0.1) is 0 Å². The van der Waals surface area contributed by atoms with Crippen molar-refractivity contribution < 1.29 is 9.53 Å². The Hall–Kier alpha value is -1.53. The van der Waals surface area contributed by atoms with Crippen LogP contribution in [0.4, 0.5) is 0 Å². The number of hydrogen-bond donors (Lipinski definition) is 2. The topological polar surface area (TPSA) is 67.0 Å². The molecule has 1 aliphatic heterocycles. The minimum Gasteiger partial charge on any atom is -0.376 e. The Bertz CT molecular complexity index is 560. The summed E-state index contributed by atoms with van der Waals surface area (Å²) in [6.07, 6.45) is 2.32. The molecule has 3 rings (SSSR count). The fraction of sp³-hybridized carbons (Fsp3) is 0.429. The standard InChI is InChI=1S/C14H17N3O2S/c18-13(15-8-10-4-3-7-19-10)9-20-14-16-11-5-1-2-6-12(11)17-14/h1-2,5-6,10H,3-4,7-9H2,(H,15,18)(H,16,17)/t10-/m0/s1. The van der Waals surface area contributed by atoms with E-state index in [0.717, 1.165) is 35.6 Å². The molecular formula is C14H17N3O2S. The van der Waals surface area contributed by atoms with E-state index in [0.29, 0.717) is 12.3 Å². The minimum absolute atomic E-state index is 0.0194. The summed E-state index contributed by atoms with van der Waals surface area (Å²) in [4.78, 5) is 19.4. The number of imidazole rings is 1. The molecule has 0 bridgehead atoms. The van der Waals surface area contributed by atoms with Gasteiger partial charge < -0.3 is 15.0 Å². The molecule has 0 spiro atoms. The van der Waals surface area contributed by atoms with Gasteiger partial charge in [-0.25, -0.2) is 4.98 Å². The first kappa shape index (κ1) is 13.5. The predicted molar refractivity (Wildman–Crippen MR) is 78.8 cm³/mol. The van der Waals surface area contributed by atoms with Crippen LogP contribution in [0.25, 0.3) is 11.0 Å². The number of nitrogens with one attached hydrogen (secondary N) is 2. The Balaban J connectivity index is 1.47. The van der Waals surface area contributed by atoms with E-state index in [1.165, 1.54) is 11.8 Å². The van der Waals surface area contributed by atoms with Crippen LogP contribution in [0.1, 0.15) is 12.8 Å². The molecule has 1 aliphatic rings. The number of aromatic nitrogens is 2. The highest BCUT2D eigenvalue weighted by molar-refractivity contribution is 7.99. The summed E-state index contributed by atoms with van der Waals surface area (Å²) in [5.74, 6) is 0.387. The molecule has 0 unspecified atom stereocenters. The van der Waals surface area contributed by atoms with Crippen molar-refractivity contribution in [3.8, 4) is 0 Å². The molecule has 1 saturated heterocycles. The van der Waals surface area contributed by atoms with Crippen LogP contribution in [0.15, 0.2) is 29.4 Å². The molecule has 5 nitrogen and oxygen atoms in total. The number of amides is 1. The lowest BCUT2D eigenvalue weighted by Crippen LogP contribution is -2.32. The van der Waals surface area contributed by atoms with Gasteiger partial charge in [0.05, 0.1) is 22.9 Å². The molecule has 20 heavy (non-hydrogen) atoms. The second-order valence-electron chi connectivity index (χ2n) is 4.79. The average Bonchev–Trinajstić information content (AvgIpc) is 3.11. The summed E-state index contributed by atoms with van der Waals surface area (Å²) in [6, 6.07) is 7.84. The van der Waals surface area contributed by atoms with Gasteiger partial charge in [-0.05, 0) is 25.0 Å². The van der Waals surface area contributed by atoms with Gasteiger partial charge in [0.15, 0.2) is 5.16 Å². The van der Waals surface area contributed by atoms with Crippen LogP contribution in [-0.2, 0) is 9.53 Å². The van der Waals surface area contributed by atoms with E-state index in [4.69, 9.17) is 4.74 Å². The predicted octanol–water partition coefficient (Wildman–Crippen LogP) is 1.95. The van der Waals surface area contributed by atoms with Gasteiger partial charge in [0.2, 0.25) is 5.91 Å². The van der Waals surface area contributed by atoms with Crippen molar-refractivity contribution in [1.29, 1.82) is 0 Å². The van der Waals surface area contributed by atoms with Gasteiger partial charge in [-0.1, -0.05) is 23.9 Å². The Morgan fingerprint density at radius 1 is 1.50 bits per heavy atom. The molecule has 0 aliphatic carbocycles. The highest BCUT2D eigenvalue weighted by Crippen LogP contribution is 2.18. The normalized spacial score (nSPS) is 18.5. The van der Waals surface area contributed by atoms with Crippen molar-refractivity contribution in [2.24, 2.45) is 0 Å². The minimum atomic E-state index is 0.0194. The molecule has 6 heteroatoms. The van der Waals surface area contributed by atoms with Crippen molar-refractivity contribution in [3.05, 3.63) is 24.3 Å². The molecule has 1 fully saturated rings. The molecular weight excluding hydrogens is 274 g/mol. The lowest BCUT2D eigenvalue weighted by Gasteiger charge is -2.10. The number of thioether (sulfide) groups is 1. The van der Waals surface area contributed by atoms with Gasteiger partial charge in [-0.2, -0.15) is 0 Å². The third-order valence-electron chi connectivity index (χ3n) is 3.26. The van der Waals surface area contributed by atoms with Gasteiger partial charge in [0, 0.05) is 13.2 Å². The zero-order chi connectivity index (χ0) is 13.8. The summed E-state index contributed by atoms with van der Waals surface area (Å²) in [5.41, 5.74) is 1.92. The Morgan fingerprint density at radius 2 is 2.40 bits per heavy atom. The molecule has 1 amide bonds. The van der Waals surface area contributed by atoms with Crippen LogP contribution in [0.5, 0.6) is 0 Å². The van der Waals surface area contributed by atoms with Gasteiger partial charge >= 0.3 is 0 Å². The van der Waals surface area contributed by atoms with E-state index in [1.807, 2.05) is 24.3 Å². The zero-order valence-electron chi connectivity index (χ0n) is 11.1. The largest absolute Gasteiger partial charge is 0.376 e. The number of H-pyrrole nitrogens is 1. The van der Waals surface area contributed by atoms with Crippen LogP contribution < -0.4 is 5.32 Å². The fourth-order valence-corrected chi connectivity index (χ4v) is 2.93. The van der Waals surface area contributed by atoms with Gasteiger partial charge in [0.25, 0.3) is 0 Å². The van der Waals surface area contributed by atoms with Crippen LogP contribution in [-0.4, -0.2) is 40.9 Å². The van der Waals surface area contributed by atoms with Crippen molar-refractivity contribution in [2.45, 2.75) is 24.1 Å². The lowest BCUT2D eigenvalue weighted by molar-refractivity contribution is -0.119. The summed E-state index contributed by atoms with van der Waals surface area (Å²) in [5, 5.41) is 3.68. The molecule has 0 saturated carbocycles. The second-order valence-corrected chi connectivity index (χ2v) is 5.75. The number of nitrogens with zero attached hydrogens (tertiary/aromatic N) is 1. The fourth-order valence-electron chi connectivity index (χ4n) is 2.22. The molecule has 2 aromatic rings. The number of para-hydroxylation sites is 2. The van der Waals surface area contributed by atoms with Crippen molar-refractivity contribution >= 4 is 28.7 Å². The van der Waals surface area contributed by atoms with Crippen molar-refractivity contribution in [2.75, 3.05) is 18.9 Å². The highest BCUT2D eigenvalue weighted by atomic mass is 32.2. The highest BCUT2D eigenvalue weighted by Gasteiger charge is 2.16. The number of aromatic amines is 1. The maximum absolute atomic E-state index is 11.8. The number of carbonyl (C=O) groups excluding carboxylic acids is 1. The van der Waals surface area contributed by atoms with Crippen LogP contribution in [0.3, 0.4) is 0 Å². The summed E-state index contributed by atoms with van der Waals surface area (Å²) in [6.45, 7) is 1.42. The van der Waals surface area contributed by atoms with Crippen LogP contribution in [0.2, 0.25) is 0 Å². The first-order valence-electron chi connectivity index (χ1n) is 6.77. The Labute approximate surface area is 121 Å².